The van der Waals surface area contributed by atoms with Crippen LogP contribution in [-0.2, 0) is 12.8 Å². The van der Waals surface area contributed by atoms with Crippen LogP contribution in [0, 0.1) is 11.3 Å². The Bertz CT molecular complexity index is 784. The van der Waals surface area contributed by atoms with Crippen molar-refractivity contribution in [2.24, 2.45) is 0 Å². The molecule has 0 N–H and O–H groups in total. The minimum absolute atomic E-state index is 0.320. The highest BCUT2D eigenvalue weighted by molar-refractivity contribution is 5.58. The third-order valence-electron chi connectivity index (χ3n) is 5.02. The summed E-state index contributed by atoms with van der Waals surface area (Å²) in [6.45, 7) is 5.86. The quantitative estimate of drug-likeness (QED) is 0.790. The Hall–Kier alpha value is -2.75. The van der Waals surface area contributed by atoms with Gasteiger partial charge in [-0.25, -0.2) is 0 Å². The Labute approximate surface area is 154 Å². The van der Waals surface area contributed by atoms with Crippen molar-refractivity contribution in [2.75, 3.05) is 29.9 Å². The Balaban J connectivity index is 1.84. The van der Waals surface area contributed by atoms with Gasteiger partial charge in [0, 0.05) is 32.4 Å². The molecule has 1 aliphatic rings. The van der Waals surface area contributed by atoms with Crippen LogP contribution in [0.25, 0.3) is 0 Å². The maximum atomic E-state index is 9.72. The van der Waals surface area contributed by atoms with Crippen molar-refractivity contribution < 1.29 is 0 Å². The minimum atomic E-state index is 0.320. The molecule has 26 heavy (non-hydrogen) atoms. The SMILES string of the molecule is CCc1nnc(N(C)CC2CCCN2c2cccnn2)c(C#N)c1CC. The van der Waals surface area contributed by atoms with E-state index in [1.165, 1.54) is 0 Å². The number of nitrogens with zero attached hydrogens (tertiary/aromatic N) is 7. The summed E-state index contributed by atoms with van der Waals surface area (Å²) >= 11 is 0. The average Bonchev–Trinajstić information content (AvgIpc) is 3.15. The highest BCUT2D eigenvalue weighted by atomic mass is 15.3. The Morgan fingerprint density at radius 1 is 1.27 bits per heavy atom. The summed E-state index contributed by atoms with van der Waals surface area (Å²) in [6, 6.07) is 6.59. The number of aromatic nitrogens is 4. The summed E-state index contributed by atoms with van der Waals surface area (Å²) < 4.78 is 0. The third kappa shape index (κ3) is 3.45. The fourth-order valence-corrected chi connectivity index (χ4v) is 3.72. The fourth-order valence-electron chi connectivity index (χ4n) is 3.72. The van der Waals surface area contributed by atoms with Crippen LogP contribution in [0.15, 0.2) is 18.3 Å². The first-order valence-corrected chi connectivity index (χ1v) is 9.23. The van der Waals surface area contributed by atoms with Crippen LogP contribution in [0.1, 0.15) is 43.5 Å². The van der Waals surface area contributed by atoms with E-state index in [-0.39, 0.29) is 0 Å². The summed E-state index contributed by atoms with van der Waals surface area (Å²) in [7, 11) is 1.99. The Morgan fingerprint density at radius 2 is 2.12 bits per heavy atom. The van der Waals surface area contributed by atoms with Crippen molar-refractivity contribution in [3.63, 3.8) is 0 Å². The van der Waals surface area contributed by atoms with Crippen LogP contribution in [0.5, 0.6) is 0 Å². The molecule has 2 aromatic rings. The second kappa shape index (κ2) is 8.09. The van der Waals surface area contributed by atoms with Gasteiger partial charge >= 0.3 is 0 Å². The molecule has 0 amide bonds. The molecular weight excluding hydrogens is 326 g/mol. The van der Waals surface area contributed by atoms with E-state index < -0.39 is 0 Å². The lowest BCUT2D eigenvalue weighted by atomic mass is 10.0. The molecule has 1 unspecified atom stereocenters. The van der Waals surface area contributed by atoms with Gasteiger partial charge in [-0.15, -0.1) is 10.2 Å². The molecule has 7 heteroatoms. The maximum Gasteiger partial charge on any atom is 0.169 e. The van der Waals surface area contributed by atoms with Crippen LogP contribution in [-0.4, -0.2) is 46.6 Å². The second-order valence-corrected chi connectivity index (χ2v) is 6.59. The van der Waals surface area contributed by atoms with Gasteiger partial charge in [0.25, 0.3) is 0 Å². The first kappa shape index (κ1) is 18.1. The van der Waals surface area contributed by atoms with Crippen molar-refractivity contribution in [2.45, 2.75) is 45.6 Å². The number of rotatable bonds is 6. The van der Waals surface area contributed by atoms with Crippen LogP contribution in [0.2, 0.25) is 0 Å². The number of nitriles is 1. The number of aryl methyl sites for hydroxylation is 1. The third-order valence-corrected chi connectivity index (χ3v) is 5.02. The van der Waals surface area contributed by atoms with Gasteiger partial charge in [-0.05, 0) is 43.4 Å². The maximum absolute atomic E-state index is 9.72. The van der Waals surface area contributed by atoms with Crippen molar-refractivity contribution in [3.05, 3.63) is 35.2 Å². The highest BCUT2D eigenvalue weighted by Crippen LogP contribution is 2.27. The van der Waals surface area contributed by atoms with Gasteiger partial charge in [0.15, 0.2) is 11.6 Å². The molecule has 0 saturated carbocycles. The molecule has 0 bridgehead atoms. The first-order valence-electron chi connectivity index (χ1n) is 9.23. The standard InChI is InChI=1S/C19H25N7/c1-4-15-16(12-20)19(24-22-17(15)5-2)25(3)13-14-8-7-11-26(14)18-9-6-10-21-23-18/h6,9-10,14H,4-5,7-8,11,13H2,1-3H3. The lowest BCUT2D eigenvalue weighted by Gasteiger charge is -2.30. The van der Waals surface area contributed by atoms with E-state index >= 15 is 0 Å². The Kier molecular flexibility index (Phi) is 5.61. The van der Waals surface area contributed by atoms with Crippen LogP contribution < -0.4 is 9.80 Å². The topological polar surface area (TPSA) is 81.8 Å². The molecule has 0 aliphatic carbocycles. The van der Waals surface area contributed by atoms with Gasteiger partial charge in [0.2, 0.25) is 0 Å². The lowest BCUT2D eigenvalue weighted by molar-refractivity contribution is 0.639. The van der Waals surface area contributed by atoms with Crippen molar-refractivity contribution in [3.8, 4) is 6.07 Å². The lowest BCUT2D eigenvalue weighted by Crippen LogP contribution is -2.40. The molecular formula is C19H25N7. The van der Waals surface area contributed by atoms with E-state index in [1.807, 2.05) is 26.1 Å². The van der Waals surface area contributed by atoms with Gasteiger partial charge < -0.3 is 9.80 Å². The minimum Gasteiger partial charge on any atom is -0.355 e. The zero-order valence-corrected chi connectivity index (χ0v) is 15.7. The van der Waals surface area contributed by atoms with E-state index in [2.05, 4.69) is 43.2 Å². The van der Waals surface area contributed by atoms with Gasteiger partial charge in [-0.1, -0.05) is 13.8 Å². The van der Waals surface area contributed by atoms with Crippen molar-refractivity contribution in [1.29, 1.82) is 5.26 Å². The molecule has 136 valence electrons. The van der Waals surface area contributed by atoms with Gasteiger partial charge in [-0.2, -0.15) is 15.5 Å². The molecule has 3 heterocycles. The monoisotopic (exact) mass is 351 g/mol. The molecule has 3 rings (SSSR count). The first-order chi connectivity index (χ1) is 12.7. The molecule has 1 fully saturated rings. The molecule has 1 atom stereocenters. The summed E-state index contributed by atoms with van der Waals surface area (Å²) in [5.74, 6) is 1.58. The predicted octanol–water partition coefficient (Wildman–Crippen LogP) is 2.37. The number of hydrogen-bond donors (Lipinski definition) is 0. The van der Waals surface area contributed by atoms with Crippen LogP contribution >= 0.6 is 0 Å². The molecule has 1 aliphatic heterocycles. The van der Waals surface area contributed by atoms with E-state index in [9.17, 15) is 5.26 Å². The van der Waals surface area contributed by atoms with Gasteiger partial charge in [-0.3, -0.25) is 0 Å². The summed E-state index contributed by atoms with van der Waals surface area (Å²) in [5, 5.41) is 26.7. The number of likely N-dealkylation sites (N-methyl/N-ethyl adjacent to an activating group) is 1. The van der Waals surface area contributed by atoms with Crippen molar-refractivity contribution in [1.82, 2.24) is 20.4 Å². The number of anilines is 2. The zero-order valence-electron chi connectivity index (χ0n) is 15.7. The smallest absolute Gasteiger partial charge is 0.169 e. The number of hydrogen-bond acceptors (Lipinski definition) is 7. The fraction of sp³-hybridized carbons (Fsp3) is 0.526. The van der Waals surface area contributed by atoms with E-state index in [1.54, 1.807) is 6.20 Å². The second-order valence-electron chi connectivity index (χ2n) is 6.59. The van der Waals surface area contributed by atoms with E-state index in [0.717, 1.165) is 55.8 Å². The normalized spacial score (nSPS) is 16.5. The zero-order chi connectivity index (χ0) is 18.5. The summed E-state index contributed by atoms with van der Waals surface area (Å²) in [6.07, 6.45) is 5.48. The molecule has 0 aromatic carbocycles. The molecule has 0 radical (unpaired) electrons. The Morgan fingerprint density at radius 3 is 2.77 bits per heavy atom. The van der Waals surface area contributed by atoms with Gasteiger partial charge in [0.1, 0.15) is 11.6 Å². The molecule has 7 nitrogen and oxygen atoms in total. The van der Waals surface area contributed by atoms with E-state index in [0.29, 0.717) is 17.4 Å². The van der Waals surface area contributed by atoms with Crippen LogP contribution in [0.3, 0.4) is 0 Å². The molecule has 0 spiro atoms. The largest absolute Gasteiger partial charge is 0.355 e. The summed E-state index contributed by atoms with van der Waals surface area (Å²) in [4.78, 5) is 4.35. The summed E-state index contributed by atoms with van der Waals surface area (Å²) in [5.41, 5.74) is 2.60. The van der Waals surface area contributed by atoms with Crippen LogP contribution in [0.4, 0.5) is 11.6 Å². The van der Waals surface area contributed by atoms with Crippen molar-refractivity contribution >= 4 is 11.6 Å². The molecule has 2 aromatic heterocycles. The molecule has 1 saturated heterocycles. The van der Waals surface area contributed by atoms with Gasteiger partial charge in [0.05, 0.1) is 5.69 Å². The predicted molar refractivity (Wildman–Crippen MR) is 101 cm³/mol. The average molecular weight is 351 g/mol. The highest BCUT2D eigenvalue weighted by Gasteiger charge is 2.28. The van der Waals surface area contributed by atoms with E-state index in [4.69, 9.17) is 0 Å².